The third-order valence-electron chi connectivity index (χ3n) is 6.69. The summed E-state index contributed by atoms with van der Waals surface area (Å²) in [5.41, 5.74) is 2.41. The average Bonchev–Trinajstić information content (AvgIpc) is 3.61. The van der Waals surface area contributed by atoms with Crippen molar-refractivity contribution in [3.05, 3.63) is 70.9 Å². The van der Waals surface area contributed by atoms with E-state index in [0.717, 1.165) is 18.3 Å². The van der Waals surface area contributed by atoms with E-state index in [-0.39, 0.29) is 30.7 Å². The molecule has 1 fully saturated rings. The van der Waals surface area contributed by atoms with Crippen LogP contribution in [0, 0.1) is 0 Å². The fourth-order valence-electron chi connectivity index (χ4n) is 4.65. The number of alkyl halides is 3. The number of thiazole rings is 1. The number of carbonyl (C=O) groups is 2. The van der Waals surface area contributed by atoms with Gasteiger partial charge in [-0.1, -0.05) is 0 Å². The lowest BCUT2D eigenvalue weighted by Crippen LogP contribution is -2.53. The Morgan fingerprint density at radius 1 is 1.08 bits per heavy atom. The lowest BCUT2D eigenvalue weighted by molar-refractivity contribution is -0.137. The van der Waals surface area contributed by atoms with Gasteiger partial charge in [0.1, 0.15) is 11.5 Å². The number of nitrogens with zero attached hydrogens (tertiary/aromatic N) is 5. The second kappa shape index (κ2) is 11.1. The predicted molar refractivity (Wildman–Crippen MR) is 140 cm³/mol. The molecule has 1 aromatic carbocycles. The highest BCUT2D eigenvalue weighted by molar-refractivity contribution is 7.07. The maximum atomic E-state index is 13.1. The molecule has 0 bridgehead atoms. The van der Waals surface area contributed by atoms with Crippen molar-refractivity contribution in [1.82, 2.24) is 24.3 Å². The van der Waals surface area contributed by atoms with E-state index < -0.39 is 17.8 Å². The molecule has 1 aliphatic heterocycles. The molecule has 0 unspecified atom stereocenters. The number of anilines is 1. The zero-order valence-corrected chi connectivity index (χ0v) is 21.5. The van der Waals surface area contributed by atoms with Crippen LogP contribution in [0.5, 0.6) is 0 Å². The molecular weight excluding hydrogens is 533 g/mol. The van der Waals surface area contributed by atoms with Gasteiger partial charge in [-0.25, -0.2) is 9.97 Å². The Morgan fingerprint density at radius 2 is 1.87 bits per heavy atom. The van der Waals surface area contributed by atoms with Gasteiger partial charge in [0.25, 0.3) is 5.91 Å². The normalized spacial score (nSPS) is 15.4. The first-order valence-electron chi connectivity index (χ1n) is 12.2. The largest absolute Gasteiger partial charge is 0.416 e. The zero-order chi connectivity index (χ0) is 27.6. The van der Waals surface area contributed by atoms with E-state index in [1.165, 1.54) is 11.3 Å². The zero-order valence-electron chi connectivity index (χ0n) is 20.6. The van der Waals surface area contributed by atoms with Gasteiger partial charge in [-0.2, -0.15) is 13.2 Å². The summed E-state index contributed by atoms with van der Waals surface area (Å²) in [6.07, 6.45) is -1.67. The molecule has 0 saturated carbocycles. The molecule has 0 aliphatic carbocycles. The van der Waals surface area contributed by atoms with Crippen LogP contribution in [-0.2, 0) is 11.0 Å². The first-order valence-corrected chi connectivity index (χ1v) is 13.1. The molecule has 0 radical (unpaired) electrons. The van der Waals surface area contributed by atoms with Crippen LogP contribution in [0.3, 0.4) is 0 Å². The summed E-state index contributed by atoms with van der Waals surface area (Å²) in [4.78, 5) is 37.2. The minimum atomic E-state index is -4.48. The molecule has 1 saturated heterocycles. The number of aliphatic hydroxyl groups excluding tert-OH is 1. The monoisotopic (exact) mass is 558 g/mol. The molecule has 2 N–H and O–H groups in total. The van der Waals surface area contributed by atoms with E-state index in [1.807, 2.05) is 4.90 Å². The van der Waals surface area contributed by atoms with E-state index >= 15 is 0 Å². The Kier molecular flexibility index (Phi) is 7.64. The van der Waals surface area contributed by atoms with Crippen molar-refractivity contribution in [1.29, 1.82) is 0 Å². The van der Waals surface area contributed by atoms with E-state index in [9.17, 15) is 27.9 Å². The molecule has 4 heterocycles. The van der Waals surface area contributed by atoms with E-state index in [1.54, 1.807) is 50.8 Å². The summed E-state index contributed by atoms with van der Waals surface area (Å²) in [7, 11) is 0. The summed E-state index contributed by atoms with van der Waals surface area (Å²) in [6.45, 7) is 1.79. The van der Waals surface area contributed by atoms with Gasteiger partial charge in [-0.3, -0.25) is 14.5 Å². The number of piperazine rings is 1. The lowest BCUT2D eigenvalue weighted by atomic mass is 10.1. The molecule has 2 amide bonds. The van der Waals surface area contributed by atoms with Crippen LogP contribution in [0.15, 0.2) is 59.7 Å². The van der Waals surface area contributed by atoms with Crippen LogP contribution < -0.4 is 5.32 Å². The van der Waals surface area contributed by atoms with Gasteiger partial charge < -0.3 is 19.9 Å². The van der Waals surface area contributed by atoms with Gasteiger partial charge >= 0.3 is 6.18 Å². The highest BCUT2D eigenvalue weighted by atomic mass is 32.1. The number of pyridine rings is 1. The number of amides is 2. The Labute approximate surface area is 225 Å². The van der Waals surface area contributed by atoms with E-state index in [4.69, 9.17) is 0 Å². The first kappa shape index (κ1) is 26.8. The number of benzene rings is 1. The van der Waals surface area contributed by atoms with Gasteiger partial charge in [0, 0.05) is 67.5 Å². The standard InChI is InChI=1S/C26H25F3N6O3S/c27-26(28,29)18-3-5-30-23(12-18)35-6-4-17-11-19(1-2-22(17)35)32-24(37)13-20(14-36)33-7-9-34(10-8-33)25(38)21-15-39-16-31-21/h1-6,11-12,15-16,20,36H,7-10,13-14H2,(H,32,37)/t20-/m1/s1. The van der Waals surface area contributed by atoms with Crippen LogP contribution in [0.25, 0.3) is 16.7 Å². The second-order valence-corrected chi connectivity index (χ2v) is 9.87. The minimum absolute atomic E-state index is 0.0593. The van der Waals surface area contributed by atoms with Crippen LogP contribution in [0.4, 0.5) is 18.9 Å². The minimum Gasteiger partial charge on any atom is -0.395 e. The molecule has 13 heteroatoms. The molecule has 4 aromatic rings. The number of rotatable bonds is 7. The van der Waals surface area contributed by atoms with Crippen LogP contribution in [-0.4, -0.2) is 80.1 Å². The Hall–Kier alpha value is -3.81. The van der Waals surface area contributed by atoms with Crippen molar-refractivity contribution < 1.29 is 27.9 Å². The molecule has 0 spiro atoms. The summed E-state index contributed by atoms with van der Waals surface area (Å²) in [5.74, 6) is -0.272. The molecule has 5 rings (SSSR count). The highest BCUT2D eigenvalue weighted by Gasteiger charge is 2.31. The fourth-order valence-corrected chi connectivity index (χ4v) is 5.18. The Bertz CT molecular complexity index is 1470. The summed E-state index contributed by atoms with van der Waals surface area (Å²) < 4.78 is 40.9. The number of halogens is 3. The molecule has 39 heavy (non-hydrogen) atoms. The van der Waals surface area contributed by atoms with E-state index in [0.29, 0.717) is 48.5 Å². The Morgan fingerprint density at radius 3 is 2.56 bits per heavy atom. The van der Waals surface area contributed by atoms with Crippen LogP contribution in [0.1, 0.15) is 22.5 Å². The van der Waals surface area contributed by atoms with Crippen LogP contribution in [0.2, 0.25) is 0 Å². The molecule has 9 nitrogen and oxygen atoms in total. The number of nitrogens with one attached hydrogen (secondary N) is 1. The predicted octanol–water partition coefficient (Wildman–Crippen LogP) is 3.65. The quantitative estimate of drug-likeness (QED) is 0.359. The van der Waals surface area contributed by atoms with Crippen LogP contribution >= 0.6 is 11.3 Å². The second-order valence-electron chi connectivity index (χ2n) is 9.15. The van der Waals surface area contributed by atoms with Crippen molar-refractivity contribution >= 4 is 39.7 Å². The highest BCUT2D eigenvalue weighted by Crippen LogP contribution is 2.31. The van der Waals surface area contributed by atoms with Crippen molar-refractivity contribution in [3.63, 3.8) is 0 Å². The smallest absolute Gasteiger partial charge is 0.395 e. The molecule has 3 aromatic heterocycles. The van der Waals surface area contributed by atoms with Crippen molar-refractivity contribution in [2.24, 2.45) is 0 Å². The number of aromatic nitrogens is 3. The summed E-state index contributed by atoms with van der Waals surface area (Å²) in [5, 5.41) is 15.2. The Balaban J connectivity index is 1.20. The number of hydrogen-bond acceptors (Lipinski definition) is 7. The lowest BCUT2D eigenvalue weighted by Gasteiger charge is -2.38. The third kappa shape index (κ3) is 5.95. The van der Waals surface area contributed by atoms with E-state index in [2.05, 4.69) is 15.3 Å². The number of carbonyl (C=O) groups excluding carboxylic acids is 2. The SMILES string of the molecule is O=C(C[C@H](CO)N1CCN(C(=O)c2cscn2)CC1)Nc1ccc2c(ccn2-c2cc(C(F)(F)F)ccn2)c1. The fraction of sp³-hybridized carbons (Fsp3) is 0.308. The van der Waals surface area contributed by atoms with Gasteiger partial charge in [0.2, 0.25) is 5.91 Å². The van der Waals surface area contributed by atoms with Gasteiger partial charge in [0.15, 0.2) is 0 Å². The molecule has 1 aliphatic rings. The van der Waals surface area contributed by atoms with Crippen molar-refractivity contribution in [2.75, 3.05) is 38.1 Å². The first-order chi connectivity index (χ1) is 18.7. The van der Waals surface area contributed by atoms with Crippen molar-refractivity contribution in [3.8, 4) is 5.82 Å². The maximum absolute atomic E-state index is 13.1. The number of aliphatic hydroxyl groups is 1. The molecular formula is C26H25F3N6O3S. The number of fused-ring (bicyclic) bond motifs is 1. The maximum Gasteiger partial charge on any atom is 0.416 e. The van der Waals surface area contributed by atoms with Crippen molar-refractivity contribution in [2.45, 2.75) is 18.6 Å². The van der Waals surface area contributed by atoms with Gasteiger partial charge in [-0.15, -0.1) is 11.3 Å². The summed E-state index contributed by atoms with van der Waals surface area (Å²) in [6, 6.07) is 8.34. The molecule has 204 valence electrons. The average molecular weight is 559 g/mol. The van der Waals surface area contributed by atoms with Gasteiger partial charge in [-0.05, 0) is 36.4 Å². The van der Waals surface area contributed by atoms with Gasteiger partial charge in [0.05, 0.1) is 23.2 Å². The number of hydrogen-bond donors (Lipinski definition) is 2. The topological polar surface area (TPSA) is 104 Å². The molecule has 1 atom stereocenters. The third-order valence-corrected chi connectivity index (χ3v) is 7.28. The summed E-state index contributed by atoms with van der Waals surface area (Å²) >= 11 is 1.36.